The molecule has 1 aliphatic heterocycles. The Labute approximate surface area is 126 Å². The number of nitrogens with two attached hydrogens (primary N) is 1. The molecule has 2 atom stereocenters. The first-order chi connectivity index (χ1) is 9.67. The predicted molar refractivity (Wildman–Crippen MR) is 82.1 cm³/mol. The molecule has 0 radical (unpaired) electrons. The fraction of sp³-hybridized carbons (Fsp3) is 0.250. The van der Waals surface area contributed by atoms with Crippen molar-refractivity contribution in [1.82, 2.24) is 0 Å². The van der Waals surface area contributed by atoms with Gasteiger partial charge in [0, 0.05) is 22.5 Å². The van der Waals surface area contributed by atoms with Crippen LogP contribution in [-0.4, -0.2) is 7.11 Å². The van der Waals surface area contributed by atoms with E-state index in [0.29, 0.717) is 0 Å². The normalized spacial score (nSPS) is 20.9. The van der Waals surface area contributed by atoms with E-state index in [0.717, 1.165) is 33.5 Å². The number of methoxy groups -OCH3 is 1. The van der Waals surface area contributed by atoms with Crippen LogP contribution in [0.3, 0.4) is 0 Å². The van der Waals surface area contributed by atoms with Gasteiger partial charge in [-0.25, -0.2) is 0 Å². The Hall–Kier alpha value is -1.52. The highest BCUT2D eigenvalue weighted by Crippen LogP contribution is 2.40. The molecule has 2 aromatic carbocycles. The van der Waals surface area contributed by atoms with Crippen LogP contribution in [0, 0.1) is 0 Å². The molecule has 0 amide bonds. The molecule has 3 rings (SSSR count). The summed E-state index contributed by atoms with van der Waals surface area (Å²) in [4.78, 5) is 0. The van der Waals surface area contributed by atoms with E-state index in [2.05, 4.69) is 15.9 Å². The topological polar surface area (TPSA) is 44.5 Å². The summed E-state index contributed by atoms with van der Waals surface area (Å²) in [5, 5.41) is 0. The van der Waals surface area contributed by atoms with Crippen molar-refractivity contribution >= 4 is 15.9 Å². The zero-order chi connectivity index (χ0) is 14.1. The second-order valence-electron chi connectivity index (χ2n) is 4.90. The summed E-state index contributed by atoms with van der Waals surface area (Å²) in [6, 6.07) is 13.9. The Morgan fingerprint density at radius 3 is 2.65 bits per heavy atom. The van der Waals surface area contributed by atoms with E-state index in [4.69, 9.17) is 15.2 Å². The average molecular weight is 334 g/mol. The van der Waals surface area contributed by atoms with Gasteiger partial charge < -0.3 is 15.2 Å². The van der Waals surface area contributed by atoms with Crippen LogP contribution < -0.4 is 15.2 Å². The zero-order valence-electron chi connectivity index (χ0n) is 11.2. The number of hydrogen-bond acceptors (Lipinski definition) is 3. The largest absolute Gasteiger partial charge is 0.497 e. The van der Waals surface area contributed by atoms with Crippen molar-refractivity contribution in [3.05, 3.63) is 58.1 Å². The van der Waals surface area contributed by atoms with Gasteiger partial charge in [-0.1, -0.05) is 34.1 Å². The maximum atomic E-state index is 6.26. The summed E-state index contributed by atoms with van der Waals surface area (Å²) in [6.45, 7) is 0. The zero-order valence-corrected chi connectivity index (χ0v) is 12.8. The van der Waals surface area contributed by atoms with Crippen LogP contribution >= 0.6 is 15.9 Å². The molecule has 0 aliphatic carbocycles. The Morgan fingerprint density at radius 2 is 1.95 bits per heavy atom. The molecule has 0 fully saturated rings. The molecular weight excluding hydrogens is 318 g/mol. The minimum atomic E-state index is -0.0160. The maximum absolute atomic E-state index is 6.26. The summed E-state index contributed by atoms with van der Waals surface area (Å²) in [7, 11) is 1.66. The lowest BCUT2D eigenvalue weighted by atomic mass is 9.93. The fourth-order valence-electron chi connectivity index (χ4n) is 2.50. The van der Waals surface area contributed by atoms with Crippen molar-refractivity contribution < 1.29 is 9.47 Å². The van der Waals surface area contributed by atoms with Gasteiger partial charge in [-0.15, -0.1) is 0 Å². The number of fused-ring (bicyclic) bond motifs is 1. The molecule has 0 spiro atoms. The first kappa shape index (κ1) is 13.5. The van der Waals surface area contributed by atoms with Gasteiger partial charge in [0.15, 0.2) is 0 Å². The highest BCUT2D eigenvalue weighted by molar-refractivity contribution is 9.10. The molecule has 2 N–H and O–H groups in total. The number of benzene rings is 2. The molecule has 1 unspecified atom stereocenters. The fourth-order valence-corrected chi connectivity index (χ4v) is 2.84. The second kappa shape index (κ2) is 5.46. The first-order valence-electron chi connectivity index (χ1n) is 6.53. The van der Waals surface area contributed by atoms with Crippen molar-refractivity contribution in [2.24, 2.45) is 5.73 Å². The Bertz CT molecular complexity index is 612. The maximum Gasteiger partial charge on any atom is 0.126 e. The molecule has 104 valence electrons. The quantitative estimate of drug-likeness (QED) is 0.903. The molecule has 0 bridgehead atoms. The highest BCUT2D eigenvalue weighted by Gasteiger charge is 2.27. The van der Waals surface area contributed by atoms with Crippen molar-refractivity contribution in [3.8, 4) is 11.5 Å². The van der Waals surface area contributed by atoms with Gasteiger partial charge in [0.2, 0.25) is 0 Å². The molecular formula is C16H16BrNO2. The number of hydrogen-bond donors (Lipinski definition) is 1. The summed E-state index contributed by atoms with van der Waals surface area (Å²) >= 11 is 3.47. The monoisotopic (exact) mass is 333 g/mol. The van der Waals surface area contributed by atoms with E-state index in [1.54, 1.807) is 7.11 Å². The SMILES string of the molecule is COc1ccc(C2C[C@@H](N)c3ccc(Br)cc3O2)cc1. The van der Waals surface area contributed by atoms with Gasteiger partial charge >= 0.3 is 0 Å². The highest BCUT2D eigenvalue weighted by atomic mass is 79.9. The summed E-state index contributed by atoms with van der Waals surface area (Å²) in [6.07, 6.45) is 0.763. The van der Waals surface area contributed by atoms with Crippen molar-refractivity contribution in [3.63, 3.8) is 0 Å². The van der Waals surface area contributed by atoms with Gasteiger partial charge in [0.25, 0.3) is 0 Å². The van der Waals surface area contributed by atoms with Crippen LogP contribution in [0.1, 0.15) is 29.7 Å². The van der Waals surface area contributed by atoms with E-state index in [1.165, 1.54) is 0 Å². The molecule has 0 saturated heterocycles. The lowest BCUT2D eigenvalue weighted by Crippen LogP contribution is -2.24. The average Bonchev–Trinajstić information content (AvgIpc) is 2.46. The third-order valence-corrected chi connectivity index (χ3v) is 4.09. The van der Waals surface area contributed by atoms with Crippen LogP contribution in [0.5, 0.6) is 11.5 Å². The van der Waals surface area contributed by atoms with Gasteiger partial charge in [0.1, 0.15) is 17.6 Å². The Kier molecular flexibility index (Phi) is 3.68. The van der Waals surface area contributed by atoms with Crippen molar-refractivity contribution in [1.29, 1.82) is 0 Å². The van der Waals surface area contributed by atoms with Gasteiger partial charge in [-0.3, -0.25) is 0 Å². The number of halogens is 1. The molecule has 0 saturated carbocycles. The van der Waals surface area contributed by atoms with Gasteiger partial charge in [0.05, 0.1) is 7.11 Å². The third kappa shape index (κ3) is 2.53. The molecule has 2 aromatic rings. The van der Waals surface area contributed by atoms with Crippen LogP contribution in [0.4, 0.5) is 0 Å². The molecule has 20 heavy (non-hydrogen) atoms. The summed E-state index contributed by atoms with van der Waals surface area (Å²) < 4.78 is 12.3. The molecule has 1 heterocycles. The minimum absolute atomic E-state index is 0.000971. The Balaban J connectivity index is 1.89. The second-order valence-corrected chi connectivity index (χ2v) is 5.82. The van der Waals surface area contributed by atoms with E-state index in [-0.39, 0.29) is 12.1 Å². The number of rotatable bonds is 2. The molecule has 0 aromatic heterocycles. The van der Waals surface area contributed by atoms with E-state index >= 15 is 0 Å². The lowest BCUT2D eigenvalue weighted by molar-refractivity contribution is 0.161. The molecule has 1 aliphatic rings. The van der Waals surface area contributed by atoms with Crippen LogP contribution in [0.25, 0.3) is 0 Å². The predicted octanol–water partition coefficient (Wildman–Crippen LogP) is 3.98. The van der Waals surface area contributed by atoms with E-state index < -0.39 is 0 Å². The minimum Gasteiger partial charge on any atom is -0.497 e. The van der Waals surface area contributed by atoms with Gasteiger partial charge in [-0.2, -0.15) is 0 Å². The standard InChI is InChI=1S/C16H16BrNO2/c1-19-12-5-2-10(3-6-12)15-9-14(18)13-7-4-11(17)8-16(13)20-15/h2-8,14-15H,9,18H2,1H3/t14-,15?/m1/s1. The summed E-state index contributed by atoms with van der Waals surface area (Å²) in [5.41, 5.74) is 8.45. The van der Waals surface area contributed by atoms with Crippen LogP contribution in [0.15, 0.2) is 46.9 Å². The molecule has 3 nitrogen and oxygen atoms in total. The van der Waals surface area contributed by atoms with Crippen LogP contribution in [0.2, 0.25) is 0 Å². The molecule has 4 heteroatoms. The van der Waals surface area contributed by atoms with E-state index in [1.807, 2.05) is 42.5 Å². The van der Waals surface area contributed by atoms with Crippen LogP contribution in [-0.2, 0) is 0 Å². The smallest absolute Gasteiger partial charge is 0.126 e. The Morgan fingerprint density at radius 1 is 1.20 bits per heavy atom. The van der Waals surface area contributed by atoms with E-state index in [9.17, 15) is 0 Å². The first-order valence-corrected chi connectivity index (χ1v) is 7.32. The number of ether oxygens (including phenoxy) is 2. The third-order valence-electron chi connectivity index (χ3n) is 3.60. The van der Waals surface area contributed by atoms with Crippen molar-refractivity contribution in [2.45, 2.75) is 18.6 Å². The van der Waals surface area contributed by atoms with Gasteiger partial charge in [-0.05, 0) is 29.8 Å². The lowest BCUT2D eigenvalue weighted by Gasteiger charge is -2.30. The summed E-state index contributed by atoms with van der Waals surface area (Å²) in [5.74, 6) is 1.70. The van der Waals surface area contributed by atoms with Crippen molar-refractivity contribution in [2.75, 3.05) is 7.11 Å².